The molecule has 0 radical (unpaired) electrons. The normalized spacial score (nSPS) is 10.7. The fourth-order valence-corrected chi connectivity index (χ4v) is 1.79. The highest BCUT2D eigenvalue weighted by atomic mass is 16.5. The minimum absolute atomic E-state index is 0. The van der Waals surface area contributed by atoms with E-state index in [0.29, 0.717) is 0 Å². The van der Waals surface area contributed by atoms with Crippen LogP contribution >= 0.6 is 0 Å². The van der Waals surface area contributed by atoms with Gasteiger partial charge in [0.15, 0.2) is 0 Å². The van der Waals surface area contributed by atoms with Crippen LogP contribution in [-0.2, 0) is 11.8 Å². The zero-order valence-corrected chi connectivity index (χ0v) is 12.3. The maximum absolute atomic E-state index is 5.82. The van der Waals surface area contributed by atoms with Crippen LogP contribution in [-0.4, -0.2) is 6.61 Å². The van der Waals surface area contributed by atoms with Crippen molar-refractivity contribution >= 4 is 0 Å². The van der Waals surface area contributed by atoms with Crippen molar-refractivity contribution in [2.45, 2.75) is 46.0 Å². The molecule has 1 aromatic carbocycles. The average Bonchev–Trinajstić information content (AvgIpc) is 2.26. The van der Waals surface area contributed by atoms with Gasteiger partial charge >= 0.3 is 0 Å². The third kappa shape index (κ3) is 4.53. The lowest BCUT2D eigenvalue weighted by Gasteiger charge is -2.23. The van der Waals surface area contributed by atoms with Crippen molar-refractivity contribution in [3.05, 3.63) is 42.0 Å². The Kier molecular flexibility index (Phi) is 6.71. The van der Waals surface area contributed by atoms with E-state index in [1.54, 1.807) is 0 Å². The van der Waals surface area contributed by atoms with Crippen LogP contribution < -0.4 is 10.9 Å². The van der Waals surface area contributed by atoms with Crippen LogP contribution in [0.15, 0.2) is 30.9 Å². The van der Waals surface area contributed by atoms with E-state index in [2.05, 4.69) is 52.5 Å². The SMILES string of the molecule is C=CCc1ccc(OCCC)c(C(C)(C)C)c1.N. The molecule has 0 saturated carbocycles. The van der Waals surface area contributed by atoms with Crippen molar-refractivity contribution < 1.29 is 4.74 Å². The van der Waals surface area contributed by atoms with E-state index in [0.717, 1.165) is 25.2 Å². The Balaban J connectivity index is 0.00000289. The highest BCUT2D eigenvalue weighted by Gasteiger charge is 2.19. The fourth-order valence-electron chi connectivity index (χ4n) is 1.79. The van der Waals surface area contributed by atoms with Gasteiger partial charge in [-0.3, -0.25) is 0 Å². The summed E-state index contributed by atoms with van der Waals surface area (Å²) < 4.78 is 5.82. The van der Waals surface area contributed by atoms with Gasteiger partial charge in [-0.2, -0.15) is 0 Å². The topological polar surface area (TPSA) is 44.2 Å². The summed E-state index contributed by atoms with van der Waals surface area (Å²) in [6.45, 7) is 13.4. The Bertz CT molecular complexity index is 377. The predicted molar refractivity (Wildman–Crippen MR) is 79.9 cm³/mol. The number of ether oxygens (including phenoxy) is 1. The first-order chi connectivity index (χ1) is 7.99. The maximum atomic E-state index is 5.82. The van der Waals surface area contributed by atoms with Gasteiger partial charge in [-0.05, 0) is 35.4 Å². The molecule has 0 aromatic heterocycles. The Morgan fingerprint density at radius 3 is 2.44 bits per heavy atom. The molecule has 2 heteroatoms. The van der Waals surface area contributed by atoms with Crippen LogP contribution in [0.1, 0.15) is 45.2 Å². The zero-order chi connectivity index (χ0) is 12.9. The molecule has 2 nitrogen and oxygen atoms in total. The van der Waals surface area contributed by atoms with E-state index in [-0.39, 0.29) is 11.6 Å². The lowest BCUT2D eigenvalue weighted by atomic mass is 9.85. The van der Waals surface area contributed by atoms with Gasteiger partial charge in [0.1, 0.15) is 5.75 Å². The lowest BCUT2D eigenvalue weighted by molar-refractivity contribution is 0.308. The number of rotatable bonds is 5. The molecule has 0 saturated heterocycles. The number of benzene rings is 1. The van der Waals surface area contributed by atoms with Crippen LogP contribution in [0.3, 0.4) is 0 Å². The van der Waals surface area contributed by atoms with Gasteiger partial charge in [0, 0.05) is 0 Å². The lowest BCUT2D eigenvalue weighted by Crippen LogP contribution is -2.14. The quantitative estimate of drug-likeness (QED) is 0.771. The molecule has 0 heterocycles. The summed E-state index contributed by atoms with van der Waals surface area (Å²) in [5.74, 6) is 1.02. The predicted octanol–water partition coefficient (Wildman–Crippen LogP) is 4.66. The first-order valence-corrected chi connectivity index (χ1v) is 6.36. The largest absolute Gasteiger partial charge is 0.493 e. The summed E-state index contributed by atoms with van der Waals surface area (Å²) in [7, 11) is 0. The van der Waals surface area contributed by atoms with E-state index in [4.69, 9.17) is 4.74 Å². The Morgan fingerprint density at radius 2 is 1.94 bits per heavy atom. The highest BCUT2D eigenvalue weighted by molar-refractivity contribution is 5.42. The Labute approximate surface area is 112 Å². The Hall–Kier alpha value is -1.28. The number of allylic oxidation sites excluding steroid dienone is 1. The van der Waals surface area contributed by atoms with E-state index < -0.39 is 0 Å². The monoisotopic (exact) mass is 249 g/mol. The molecule has 0 unspecified atom stereocenters. The second-order valence-corrected chi connectivity index (χ2v) is 5.42. The van der Waals surface area contributed by atoms with E-state index in [1.165, 1.54) is 11.1 Å². The summed E-state index contributed by atoms with van der Waals surface area (Å²) in [6.07, 6.45) is 3.89. The van der Waals surface area contributed by atoms with Crippen molar-refractivity contribution in [1.82, 2.24) is 6.15 Å². The van der Waals surface area contributed by atoms with Gasteiger partial charge in [-0.1, -0.05) is 45.9 Å². The number of hydrogen-bond acceptors (Lipinski definition) is 2. The molecular weight excluding hydrogens is 222 g/mol. The average molecular weight is 249 g/mol. The minimum atomic E-state index is 0. The molecule has 1 aromatic rings. The third-order valence-electron chi connectivity index (χ3n) is 2.69. The molecule has 1 rings (SSSR count). The summed E-state index contributed by atoms with van der Waals surface area (Å²) in [5, 5.41) is 0. The van der Waals surface area contributed by atoms with Crippen LogP contribution in [0.5, 0.6) is 5.75 Å². The molecule has 0 atom stereocenters. The summed E-state index contributed by atoms with van der Waals surface area (Å²) in [4.78, 5) is 0. The zero-order valence-electron chi connectivity index (χ0n) is 12.3. The smallest absolute Gasteiger partial charge is 0.123 e. The summed E-state index contributed by atoms with van der Waals surface area (Å²) in [5.41, 5.74) is 2.69. The maximum Gasteiger partial charge on any atom is 0.123 e. The van der Waals surface area contributed by atoms with Crippen molar-refractivity contribution in [3.63, 3.8) is 0 Å². The molecule has 0 bridgehead atoms. The van der Waals surface area contributed by atoms with Gasteiger partial charge in [0.2, 0.25) is 0 Å². The van der Waals surface area contributed by atoms with E-state index >= 15 is 0 Å². The molecule has 0 aliphatic carbocycles. The van der Waals surface area contributed by atoms with Crippen LogP contribution in [0.25, 0.3) is 0 Å². The molecule has 0 aliphatic heterocycles. The molecule has 18 heavy (non-hydrogen) atoms. The minimum Gasteiger partial charge on any atom is -0.493 e. The molecule has 0 amide bonds. The van der Waals surface area contributed by atoms with Crippen molar-refractivity contribution in [2.75, 3.05) is 6.61 Å². The molecule has 0 fully saturated rings. The molecule has 0 aliphatic rings. The third-order valence-corrected chi connectivity index (χ3v) is 2.69. The number of hydrogen-bond donors (Lipinski definition) is 1. The first kappa shape index (κ1) is 16.7. The van der Waals surface area contributed by atoms with Crippen molar-refractivity contribution in [3.8, 4) is 5.75 Å². The van der Waals surface area contributed by atoms with E-state index in [1.807, 2.05) is 6.08 Å². The van der Waals surface area contributed by atoms with Gasteiger partial charge in [-0.25, -0.2) is 0 Å². The van der Waals surface area contributed by atoms with Gasteiger partial charge in [-0.15, -0.1) is 6.58 Å². The van der Waals surface area contributed by atoms with Gasteiger partial charge in [0.25, 0.3) is 0 Å². The van der Waals surface area contributed by atoms with Crippen molar-refractivity contribution in [2.24, 2.45) is 0 Å². The molecule has 0 spiro atoms. The summed E-state index contributed by atoms with van der Waals surface area (Å²) in [6, 6.07) is 6.46. The highest BCUT2D eigenvalue weighted by Crippen LogP contribution is 2.32. The fraction of sp³-hybridized carbons (Fsp3) is 0.500. The summed E-state index contributed by atoms with van der Waals surface area (Å²) >= 11 is 0. The first-order valence-electron chi connectivity index (χ1n) is 6.36. The van der Waals surface area contributed by atoms with Crippen LogP contribution in [0.2, 0.25) is 0 Å². The van der Waals surface area contributed by atoms with Crippen LogP contribution in [0.4, 0.5) is 0 Å². The molecule has 3 N–H and O–H groups in total. The second-order valence-electron chi connectivity index (χ2n) is 5.42. The Morgan fingerprint density at radius 1 is 1.28 bits per heavy atom. The van der Waals surface area contributed by atoms with Gasteiger partial charge < -0.3 is 10.9 Å². The molecule has 102 valence electrons. The second kappa shape index (κ2) is 7.22. The molecular formula is C16H27NO. The standard InChI is InChI=1S/C16H24O.H3N/c1-6-8-13-9-10-15(17-11-7-2)14(12-13)16(3,4)5;/h6,9-10,12H,1,7-8,11H2,2-5H3;1H3. The van der Waals surface area contributed by atoms with Crippen LogP contribution in [0, 0.1) is 0 Å². The van der Waals surface area contributed by atoms with Crippen molar-refractivity contribution in [1.29, 1.82) is 0 Å². The van der Waals surface area contributed by atoms with Gasteiger partial charge in [0.05, 0.1) is 6.61 Å². The van der Waals surface area contributed by atoms with E-state index in [9.17, 15) is 0 Å².